The van der Waals surface area contributed by atoms with E-state index in [0.717, 1.165) is 12.8 Å². The molecule has 0 bridgehead atoms. The molecular weight excluding hydrogens is 300 g/mol. The van der Waals surface area contributed by atoms with Crippen LogP contribution < -0.4 is 10.9 Å². The van der Waals surface area contributed by atoms with Crippen molar-refractivity contribution in [3.63, 3.8) is 0 Å². The summed E-state index contributed by atoms with van der Waals surface area (Å²) < 4.78 is 0. The SMILES string of the molecule is O=C(NNC(=O)[C@@H]1C[C@H]1c1ccccc1)[C@@H]1C[C@@H]1c1ccccc1. The number of benzene rings is 2. The van der Waals surface area contributed by atoms with Crippen LogP contribution in [0.25, 0.3) is 0 Å². The molecule has 4 rings (SSSR count). The van der Waals surface area contributed by atoms with Gasteiger partial charge in [-0.1, -0.05) is 60.7 Å². The Labute approximate surface area is 141 Å². The molecule has 0 saturated heterocycles. The number of nitrogens with one attached hydrogen (secondary N) is 2. The van der Waals surface area contributed by atoms with Crippen LogP contribution in [0.3, 0.4) is 0 Å². The molecule has 122 valence electrons. The smallest absolute Gasteiger partial charge is 0.242 e. The molecule has 0 unspecified atom stereocenters. The molecule has 2 aromatic carbocycles. The normalized spacial score (nSPS) is 27.2. The molecule has 0 spiro atoms. The van der Waals surface area contributed by atoms with E-state index in [1.54, 1.807) is 0 Å². The van der Waals surface area contributed by atoms with Gasteiger partial charge in [0, 0.05) is 11.8 Å². The zero-order valence-electron chi connectivity index (χ0n) is 13.3. The van der Waals surface area contributed by atoms with Crippen molar-refractivity contribution in [2.45, 2.75) is 24.7 Å². The lowest BCUT2D eigenvalue weighted by Gasteiger charge is -2.07. The van der Waals surface area contributed by atoms with Gasteiger partial charge in [-0.2, -0.15) is 0 Å². The summed E-state index contributed by atoms with van der Waals surface area (Å²) in [5.74, 6) is 0.319. The van der Waals surface area contributed by atoms with Crippen molar-refractivity contribution in [3.05, 3.63) is 71.8 Å². The molecule has 2 saturated carbocycles. The summed E-state index contributed by atoms with van der Waals surface area (Å²) >= 11 is 0. The summed E-state index contributed by atoms with van der Waals surface area (Å²) in [5, 5.41) is 0. The van der Waals surface area contributed by atoms with E-state index in [1.165, 1.54) is 11.1 Å². The molecule has 2 amide bonds. The lowest BCUT2D eigenvalue weighted by Crippen LogP contribution is -2.43. The molecule has 2 N–H and O–H groups in total. The van der Waals surface area contributed by atoms with Crippen LogP contribution in [-0.4, -0.2) is 11.8 Å². The maximum absolute atomic E-state index is 12.2. The Bertz CT molecular complexity index is 679. The van der Waals surface area contributed by atoms with Crippen molar-refractivity contribution in [2.75, 3.05) is 0 Å². The molecule has 4 nitrogen and oxygen atoms in total. The summed E-state index contributed by atoms with van der Waals surface area (Å²) in [6.07, 6.45) is 1.70. The maximum atomic E-state index is 12.2. The quantitative estimate of drug-likeness (QED) is 0.851. The number of hydrazine groups is 1. The molecule has 2 aliphatic carbocycles. The van der Waals surface area contributed by atoms with Gasteiger partial charge < -0.3 is 0 Å². The molecule has 0 heterocycles. The molecule has 0 aliphatic heterocycles. The van der Waals surface area contributed by atoms with E-state index >= 15 is 0 Å². The average Bonchev–Trinajstić information content (AvgIpc) is 3.54. The topological polar surface area (TPSA) is 58.2 Å². The first kappa shape index (κ1) is 14.9. The van der Waals surface area contributed by atoms with Crippen molar-refractivity contribution in [1.82, 2.24) is 10.9 Å². The van der Waals surface area contributed by atoms with Gasteiger partial charge in [0.2, 0.25) is 11.8 Å². The van der Waals surface area contributed by atoms with Crippen molar-refractivity contribution in [2.24, 2.45) is 11.8 Å². The Hall–Kier alpha value is -2.62. The average molecular weight is 320 g/mol. The number of rotatable bonds is 4. The van der Waals surface area contributed by atoms with E-state index in [2.05, 4.69) is 10.9 Å². The molecule has 24 heavy (non-hydrogen) atoms. The highest BCUT2D eigenvalue weighted by Crippen LogP contribution is 2.48. The molecule has 0 aromatic heterocycles. The van der Waals surface area contributed by atoms with Gasteiger partial charge in [-0.25, -0.2) is 0 Å². The Morgan fingerprint density at radius 2 is 1.04 bits per heavy atom. The van der Waals surface area contributed by atoms with Gasteiger partial charge in [-0.3, -0.25) is 20.4 Å². The summed E-state index contributed by atoms with van der Waals surface area (Å²) in [7, 11) is 0. The Kier molecular flexibility index (Phi) is 3.81. The van der Waals surface area contributed by atoms with E-state index in [-0.39, 0.29) is 35.5 Å². The fourth-order valence-electron chi connectivity index (χ4n) is 3.42. The van der Waals surface area contributed by atoms with Gasteiger partial charge in [-0.05, 0) is 35.8 Å². The number of carbonyl (C=O) groups is 2. The lowest BCUT2D eigenvalue weighted by molar-refractivity contribution is -0.130. The minimum Gasteiger partial charge on any atom is -0.273 e. The molecule has 4 heteroatoms. The van der Waals surface area contributed by atoms with Crippen LogP contribution in [-0.2, 0) is 9.59 Å². The van der Waals surface area contributed by atoms with Crippen LogP contribution in [0.2, 0.25) is 0 Å². The highest BCUT2D eigenvalue weighted by Gasteiger charge is 2.46. The van der Waals surface area contributed by atoms with Gasteiger partial charge in [0.05, 0.1) is 0 Å². The third kappa shape index (κ3) is 3.04. The largest absolute Gasteiger partial charge is 0.273 e. The van der Waals surface area contributed by atoms with E-state index in [0.29, 0.717) is 0 Å². The van der Waals surface area contributed by atoms with Crippen LogP contribution in [0.4, 0.5) is 0 Å². The first-order valence-electron chi connectivity index (χ1n) is 8.43. The number of carbonyl (C=O) groups excluding carboxylic acids is 2. The highest BCUT2D eigenvalue weighted by atomic mass is 16.2. The molecule has 4 atom stereocenters. The van der Waals surface area contributed by atoms with Gasteiger partial charge >= 0.3 is 0 Å². The summed E-state index contributed by atoms with van der Waals surface area (Å²) in [6.45, 7) is 0. The van der Waals surface area contributed by atoms with Crippen LogP contribution in [0.1, 0.15) is 35.8 Å². The molecule has 0 radical (unpaired) electrons. The second-order valence-electron chi connectivity index (χ2n) is 6.70. The minimum absolute atomic E-state index is 0.0307. The van der Waals surface area contributed by atoms with Crippen molar-refractivity contribution in [3.8, 4) is 0 Å². The molecule has 2 aliphatic rings. The van der Waals surface area contributed by atoms with E-state index in [4.69, 9.17) is 0 Å². The van der Waals surface area contributed by atoms with Crippen molar-refractivity contribution >= 4 is 11.8 Å². The van der Waals surface area contributed by atoms with E-state index in [1.807, 2.05) is 60.7 Å². The molecule has 2 fully saturated rings. The second kappa shape index (κ2) is 6.11. The standard InChI is InChI=1S/C20H20N2O2/c23-19(17-11-15(17)13-7-3-1-4-8-13)21-22-20(24)18-12-16(18)14-9-5-2-6-10-14/h1-10,15-18H,11-12H2,(H,21,23)(H,22,24)/t15-,16+,17-,18-/m1/s1. The summed E-state index contributed by atoms with van der Waals surface area (Å²) in [4.78, 5) is 24.3. The fourth-order valence-corrected chi connectivity index (χ4v) is 3.42. The third-order valence-electron chi connectivity index (χ3n) is 5.02. The summed E-state index contributed by atoms with van der Waals surface area (Å²) in [6, 6.07) is 20.1. The molecular formula is C20H20N2O2. The number of hydrogen-bond acceptors (Lipinski definition) is 2. The van der Waals surface area contributed by atoms with Gasteiger partial charge in [-0.15, -0.1) is 0 Å². The van der Waals surface area contributed by atoms with Crippen molar-refractivity contribution < 1.29 is 9.59 Å². The Morgan fingerprint density at radius 1 is 0.667 bits per heavy atom. The maximum Gasteiger partial charge on any atom is 0.242 e. The van der Waals surface area contributed by atoms with E-state index in [9.17, 15) is 9.59 Å². The predicted molar refractivity (Wildman–Crippen MR) is 90.9 cm³/mol. The third-order valence-corrected chi connectivity index (χ3v) is 5.02. The van der Waals surface area contributed by atoms with Crippen LogP contribution in [0, 0.1) is 11.8 Å². The zero-order valence-corrected chi connectivity index (χ0v) is 13.3. The molecule has 2 aromatic rings. The van der Waals surface area contributed by atoms with Crippen molar-refractivity contribution in [1.29, 1.82) is 0 Å². The van der Waals surface area contributed by atoms with Gasteiger partial charge in [0.1, 0.15) is 0 Å². The first-order chi connectivity index (χ1) is 11.7. The number of amides is 2. The predicted octanol–water partition coefficient (Wildman–Crippen LogP) is 2.74. The first-order valence-corrected chi connectivity index (χ1v) is 8.43. The number of hydrogen-bond donors (Lipinski definition) is 2. The minimum atomic E-state index is -0.0888. The van der Waals surface area contributed by atoms with E-state index < -0.39 is 0 Å². The van der Waals surface area contributed by atoms with Gasteiger partial charge in [0.25, 0.3) is 0 Å². The zero-order chi connectivity index (χ0) is 16.5. The second-order valence-corrected chi connectivity index (χ2v) is 6.70. The van der Waals surface area contributed by atoms with Gasteiger partial charge in [0.15, 0.2) is 0 Å². The van der Waals surface area contributed by atoms with Crippen LogP contribution in [0.5, 0.6) is 0 Å². The van der Waals surface area contributed by atoms with Crippen LogP contribution in [0.15, 0.2) is 60.7 Å². The monoisotopic (exact) mass is 320 g/mol. The Balaban J connectivity index is 1.25. The highest BCUT2D eigenvalue weighted by molar-refractivity contribution is 5.88. The lowest BCUT2D eigenvalue weighted by atomic mass is 10.1. The fraction of sp³-hybridized carbons (Fsp3) is 0.300. The summed E-state index contributed by atoms with van der Waals surface area (Å²) in [5.41, 5.74) is 7.58. The van der Waals surface area contributed by atoms with Crippen LogP contribution >= 0.6 is 0 Å². The Morgan fingerprint density at radius 3 is 1.42 bits per heavy atom.